The van der Waals surface area contributed by atoms with Crippen molar-refractivity contribution >= 4 is 21.6 Å². The van der Waals surface area contributed by atoms with E-state index in [1.165, 1.54) is 16.7 Å². The van der Waals surface area contributed by atoms with Gasteiger partial charge in [0.1, 0.15) is 11.9 Å². The van der Waals surface area contributed by atoms with Crippen molar-refractivity contribution in [3.05, 3.63) is 57.6 Å². The van der Waals surface area contributed by atoms with Crippen molar-refractivity contribution in [2.75, 3.05) is 5.73 Å². The number of para-hydroxylation sites is 2. The van der Waals surface area contributed by atoms with Crippen LogP contribution in [0.25, 0.3) is 0 Å². The van der Waals surface area contributed by atoms with Gasteiger partial charge in [0.05, 0.1) is 5.69 Å². The number of aryl methyl sites for hydroxylation is 1. The molecule has 2 nitrogen and oxygen atoms in total. The fourth-order valence-electron chi connectivity index (χ4n) is 2.68. The highest BCUT2D eigenvalue weighted by atomic mass is 79.9. The Labute approximate surface area is 148 Å². The van der Waals surface area contributed by atoms with Gasteiger partial charge in [0.15, 0.2) is 0 Å². The second kappa shape index (κ2) is 7.87. The zero-order valence-corrected chi connectivity index (χ0v) is 16.0. The van der Waals surface area contributed by atoms with E-state index in [0.717, 1.165) is 23.1 Å². The molecule has 2 rings (SSSR count). The molecule has 0 aromatic heterocycles. The van der Waals surface area contributed by atoms with Gasteiger partial charge < -0.3 is 10.5 Å². The minimum atomic E-state index is 0.0123. The highest BCUT2D eigenvalue weighted by molar-refractivity contribution is 9.10. The molecule has 1 atom stereocenters. The van der Waals surface area contributed by atoms with E-state index >= 15 is 0 Å². The van der Waals surface area contributed by atoms with Gasteiger partial charge in [0.2, 0.25) is 0 Å². The number of nitrogens with two attached hydrogens (primary N) is 1. The van der Waals surface area contributed by atoms with Crippen LogP contribution in [0.4, 0.5) is 5.69 Å². The Morgan fingerprint density at radius 2 is 1.78 bits per heavy atom. The summed E-state index contributed by atoms with van der Waals surface area (Å²) >= 11 is 3.62. The summed E-state index contributed by atoms with van der Waals surface area (Å²) in [6.07, 6.45) is 2.10. The number of nitrogen functional groups attached to an aromatic ring is 1. The van der Waals surface area contributed by atoms with E-state index in [1.54, 1.807) is 0 Å². The van der Waals surface area contributed by atoms with E-state index in [-0.39, 0.29) is 6.10 Å². The van der Waals surface area contributed by atoms with Crippen molar-refractivity contribution < 1.29 is 4.74 Å². The SMILES string of the molecule is Cc1cc(Br)cc(C(CCC(C)C)Oc2ccccc2N)c1C. The standard InChI is InChI=1S/C20H26BrNO/c1-13(2)9-10-19(23-20-8-6-5-7-18(20)22)17-12-16(21)11-14(3)15(17)4/h5-8,11-13,19H,9-10,22H2,1-4H3. The molecule has 2 aromatic carbocycles. The van der Waals surface area contributed by atoms with E-state index in [0.29, 0.717) is 11.6 Å². The van der Waals surface area contributed by atoms with E-state index in [2.05, 4.69) is 55.8 Å². The molecule has 0 fully saturated rings. The summed E-state index contributed by atoms with van der Waals surface area (Å²) < 4.78 is 7.42. The fraction of sp³-hybridized carbons (Fsp3) is 0.400. The van der Waals surface area contributed by atoms with Gasteiger partial charge in [-0.15, -0.1) is 0 Å². The number of hydrogen-bond acceptors (Lipinski definition) is 2. The van der Waals surface area contributed by atoms with E-state index in [4.69, 9.17) is 10.5 Å². The quantitative estimate of drug-likeness (QED) is 0.609. The lowest BCUT2D eigenvalue weighted by molar-refractivity contribution is 0.186. The molecule has 0 spiro atoms. The Kier molecular flexibility index (Phi) is 6.11. The van der Waals surface area contributed by atoms with Gasteiger partial charge in [0.25, 0.3) is 0 Å². The maximum Gasteiger partial charge on any atom is 0.143 e. The van der Waals surface area contributed by atoms with Crippen molar-refractivity contribution in [2.45, 2.75) is 46.6 Å². The molecule has 0 saturated heterocycles. The van der Waals surface area contributed by atoms with Crippen molar-refractivity contribution in [3.63, 3.8) is 0 Å². The molecule has 1 unspecified atom stereocenters. The van der Waals surface area contributed by atoms with Crippen LogP contribution < -0.4 is 10.5 Å². The van der Waals surface area contributed by atoms with Crippen LogP contribution in [0, 0.1) is 19.8 Å². The maximum absolute atomic E-state index is 6.33. The number of hydrogen-bond donors (Lipinski definition) is 1. The minimum absolute atomic E-state index is 0.0123. The molecule has 0 saturated carbocycles. The summed E-state index contributed by atoms with van der Waals surface area (Å²) in [6, 6.07) is 12.0. The van der Waals surface area contributed by atoms with Gasteiger partial charge in [-0.2, -0.15) is 0 Å². The Bertz CT molecular complexity index is 667. The summed E-state index contributed by atoms with van der Waals surface area (Å²) in [5.41, 5.74) is 10.6. The first-order valence-electron chi connectivity index (χ1n) is 8.16. The van der Waals surface area contributed by atoms with Crippen LogP contribution in [-0.2, 0) is 0 Å². The van der Waals surface area contributed by atoms with Crippen LogP contribution in [0.2, 0.25) is 0 Å². The molecule has 0 bridgehead atoms. The number of rotatable bonds is 6. The third-order valence-corrected chi connectivity index (χ3v) is 4.67. The third kappa shape index (κ3) is 4.74. The fourth-order valence-corrected chi connectivity index (χ4v) is 3.27. The molecule has 124 valence electrons. The molecular weight excluding hydrogens is 350 g/mol. The number of benzene rings is 2. The van der Waals surface area contributed by atoms with Crippen LogP contribution in [0.15, 0.2) is 40.9 Å². The molecule has 0 radical (unpaired) electrons. The largest absolute Gasteiger partial charge is 0.484 e. The third-order valence-electron chi connectivity index (χ3n) is 4.21. The summed E-state index contributed by atoms with van der Waals surface area (Å²) in [4.78, 5) is 0. The van der Waals surface area contributed by atoms with Crippen LogP contribution in [0.5, 0.6) is 5.75 Å². The molecule has 3 heteroatoms. The van der Waals surface area contributed by atoms with Gasteiger partial charge in [0, 0.05) is 4.47 Å². The maximum atomic E-state index is 6.33. The number of halogens is 1. The van der Waals surface area contributed by atoms with Crippen LogP contribution in [-0.4, -0.2) is 0 Å². The highest BCUT2D eigenvalue weighted by Crippen LogP contribution is 2.34. The molecule has 2 N–H and O–H groups in total. The summed E-state index contributed by atoms with van der Waals surface area (Å²) in [7, 11) is 0. The van der Waals surface area contributed by atoms with E-state index < -0.39 is 0 Å². The number of anilines is 1. The average Bonchev–Trinajstić information content (AvgIpc) is 2.49. The lowest BCUT2D eigenvalue weighted by Crippen LogP contribution is -2.12. The summed E-state index contributed by atoms with van der Waals surface area (Å²) in [5.74, 6) is 1.40. The van der Waals surface area contributed by atoms with Crippen LogP contribution in [0.1, 0.15) is 49.5 Å². The van der Waals surface area contributed by atoms with Crippen LogP contribution in [0.3, 0.4) is 0 Å². The second-order valence-electron chi connectivity index (χ2n) is 6.55. The van der Waals surface area contributed by atoms with Crippen molar-refractivity contribution in [2.24, 2.45) is 5.92 Å². The highest BCUT2D eigenvalue weighted by Gasteiger charge is 2.19. The first-order valence-corrected chi connectivity index (χ1v) is 8.95. The lowest BCUT2D eigenvalue weighted by Gasteiger charge is -2.24. The zero-order chi connectivity index (χ0) is 17.0. The first-order chi connectivity index (χ1) is 10.9. The molecule has 0 amide bonds. The topological polar surface area (TPSA) is 35.2 Å². The zero-order valence-electron chi connectivity index (χ0n) is 14.4. The molecule has 0 aliphatic rings. The Morgan fingerprint density at radius 3 is 2.43 bits per heavy atom. The Hall–Kier alpha value is -1.48. The molecule has 23 heavy (non-hydrogen) atoms. The predicted molar refractivity (Wildman–Crippen MR) is 102 cm³/mol. The van der Waals surface area contributed by atoms with Crippen molar-refractivity contribution in [3.8, 4) is 5.75 Å². The Balaban J connectivity index is 2.36. The molecule has 2 aromatic rings. The normalized spacial score (nSPS) is 12.4. The Morgan fingerprint density at radius 1 is 1.09 bits per heavy atom. The van der Waals surface area contributed by atoms with Gasteiger partial charge >= 0.3 is 0 Å². The minimum Gasteiger partial charge on any atom is -0.484 e. The van der Waals surface area contributed by atoms with Gasteiger partial charge in [-0.1, -0.05) is 41.9 Å². The molecule has 0 aliphatic heterocycles. The summed E-state index contributed by atoms with van der Waals surface area (Å²) in [6.45, 7) is 8.79. The van der Waals surface area contributed by atoms with Crippen molar-refractivity contribution in [1.82, 2.24) is 0 Å². The van der Waals surface area contributed by atoms with Gasteiger partial charge in [-0.05, 0) is 73.6 Å². The smallest absolute Gasteiger partial charge is 0.143 e. The van der Waals surface area contributed by atoms with E-state index in [9.17, 15) is 0 Å². The van der Waals surface area contributed by atoms with Crippen LogP contribution >= 0.6 is 15.9 Å². The lowest BCUT2D eigenvalue weighted by atomic mass is 9.94. The second-order valence-corrected chi connectivity index (χ2v) is 7.47. The molecule has 0 heterocycles. The van der Waals surface area contributed by atoms with Gasteiger partial charge in [-0.25, -0.2) is 0 Å². The average molecular weight is 376 g/mol. The molecule has 0 aliphatic carbocycles. The number of ether oxygens (including phenoxy) is 1. The summed E-state index contributed by atoms with van der Waals surface area (Å²) in [5, 5.41) is 0. The predicted octanol–water partition coefficient (Wildman–Crippen LogP) is 6.20. The van der Waals surface area contributed by atoms with Crippen molar-refractivity contribution in [1.29, 1.82) is 0 Å². The van der Waals surface area contributed by atoms with Gasteiger partial charge in [-0.3, -0.25) is 0 Å². The first kappa shape index (κ1) is 17.9. The molecular formula is C20H26BrNO. The monoisotopic (exact) mass is 375 g/mol. The van der Waals surface area contributed by atoms with E-state index in [1.807, 2.05) is 24.3 Å².